The van der Waals surface area contributed by atoms with Crippen LogP contribution in [0.15, 0.2) is 0 Å². The predicted molar refractivity (Wildman–Crippen MR) is 40.5 cm³/mol. The van der Waals surface area contributed by atoms with Gasteiger partial charge in [0, 0.05) is 13.1 Å². The summed E-state index contributed by atoms with van der Waals surface area (Å²) in [6, 6.07) is 0. The average Bonchev–Trinajstić information content (AvgIpc) is 1.88. The summed E-state index contributed by atoms with van der Waals surface area (Å²) in [7, 11) is -2.70. The highest BCUT2D eigenvalue weighted by molar-refractivity contribution is 7.91. The summed E-state index contributed by atoms with van der Waals surface area (Å²) in [5.74, 6) is 0.616. The average molecular weight is 162 g/mol. The number of hydrogen-bond donors (Lipinski definition) is 0. The van der Waals surface area contributed by atoms with Crippen molar-refractivity contribution in [3.05, 3.63) is 6.92 Å². The molecule has 0 aromatic rings. The second-order valence-corrected chi connectivity index (χ2v) is 4.80. The summed E-state index contributed by atoms with van der Waals surface area (Å²) in [5.41, 5.74) is 0. The Morgan fingerprint density at radius 2 is 1.80 bits per heavy atom. The number of sulfone groups is 1. The maximum absolute atomic E-state index is 10.9. The molecule has 1 radical (unpaired) electrons. The Morgan fingerprint density at radius 1 is 1.30 bits per heavy atom. The Labute approximate surface area is 61.9 Å². The standard InChI is InChI=1S/C6H12NO2S/c1-2-7-3-5-10(8,9)6-4-7/h1-6H2. The van der Waals surface area contributed by atoms with Crippen LogP contribution in [-0.2, 0) is 9.84 Å². The van der Waals surface area contributed by atoms with Gasteiger partial charge >= 0.3 is 0 Å². The van der Waals surface area contributed by atoms with Crippen LogP contribution in [-0.4, -0.2) is 44.5 Å². The molecular formula is C6H12NO2S. The van der Waals surface area contributed by atoms with Crippen molar-refractivity contribution in [2.45, 2.75) is 0 Å². The zero-order valence-corrected chi connectivity index (χ0v) is 6.73. The van der Waals surface area contributed by atoms with Crippen molar-refractivity contribution in [1.29, 1.82) is 0 Å². The second-order valence-electron chi connectivity index (χ2n) is 2.49. The lowest BCUT2D eigenvalue weighted by Gasteiger charge is -2.24. The maximum atomic E-state index is 10.9. The molecule has 1 saturated heterocycles. The third-order valence-corrected chi connectivity index (χ3v) is 3.36. The SMILES string of the molecule is [CH2]CN1CCS(=O)(=O)CC1. The highest BCUT2D eigenvalue weighted by atomic mass is 32.2. The zero-order chi connectivity index (χ0) is 7.61. The van der Waals surface area contributed by atoms with Crippen molar-refractivity contribution in [3.63, 3.8) is 0 Å². The summed E-state index contributed by atoms with van der Waals surface area (Å²) in [6.07, 6.45) is 0. The molecule has 1 aliphatic rings. The monoisotopic (exact) mass is 162 g/mol. The molecule has 1 fully saturated rings. The van der Waals surface area contributed by atoms with Crippen molar-refractivity contribution in [1.82, 2.24) is 4.90 Å². The molecule has 4 heteroatoms. The Morgan fingerprint density at radius 3 is 2.20 bits per heavy atom. The van der Waals surface area contributed by atoms with Crippen LogP contribution >= 0.6 is 0 Å². The molecule has 0 atom stereocenters. The van der Waals surface area contributed by atoms with Crippen LogP contribution in [0.5, 0.6) is 0 Å². The van der Waals surface area contributed by atoms with E-state index in [-0.39, 0.29) is 0 Å². The van der Waals surface area contributed by atoms with Gasteiger partial charge in [0.2, 0.25) is 0 Å². The first-order valence-electron chi connectivity index (χ1n) is 3.36. The molecule has 3 nitrogen and oxygen atoms in total. The molecule has 1 rings (SSSR count). The van der Waals surface area contributed by atoms with Crippen molar-refractivity contribution >= 4 is 9.84 Å². The molecule has 0 saturated carbocycles. The van der Waals surface area contributed by atoms with Gasteiger partial charge in [-0.3, -0.25) is 0 Å². The summed E-state index contributed by atoms with van der Waals surface area (Å²) in [4.78, 5) is 2.04. The maximum Gasteiger partial charge on any atom is 0.152 e. The van der Waals surface area contributed by atoms with E-state index in [4.69, 9.17) is 0 Å². The minimum Gasteiger partial charge on any atom is -0.301 e. The van der Waals surface area contributed by atoms with Gasteiger partial charge in [0.1, 0.15) is 0 Å². The lowest BCUT2D eigenvalue weighted by Crippen LogP contribution is -2.39. The zero-order valence-electron chi connectivity index (χ0n) is 5.91. The van der Waals surface area contributed by atoms with Gasteiger partial charge in [-0.1, -0.05) is 0 Å². The lowest BCUT2D eigenvalue weighted by atomic mass is 10.5. The van der Waals surface area contributed by atoms with Crippen LogP contribution in [0, 0.1) is 6.92 Å². The van der Waals surface area contributed by atoms with Gasteiger partial charge in [0.05, 0.1) is 11.5 Å². The minimum absolute atomic E-state index is 0.308. The number of hydrogen-bond acceptors (Lipinski definition) is 3. The smallest absolute Gasteiger partial charge is 0.152 e. The van der Waals surface area contributed by atoms with Gasteiger partial charge in [-0.15, -0.1) is 0 Å². The van der Waals surface area contributed by atoms with E-state index in [2.05, 4.69) is 6.92 Å². The molecule has 0 aliphatic carbocycles. The normalized spacial score (nSPS) is 26.5. The first-order chi connectivity index (χ1) is 4.64. The number of nitrogens with zero attached hydrogens (tertiary/aromatic N) is 1. The fourth-order valence-electron chi connectivity index (χ4n) is 0.974. The molecule has 10 heavy (non-hydrogen) atoms. The molecule has 1 aliphatic heterocycles. The van der Waals surface area contributed by atoms with Crippen LogP contribution in [0.25, 0.3) is 0 Å². The topological polar surface area (TPSA) is 37.4 Å². The summed E-state index contributed by atoms with van der Waals surface area (Å²) in [5, 5.41) is 0. The molecule has 0 unspecified atom stereocenters. The summed E-state index contributed by atoms with van der Waals surface area (Å²) < 4.78 is 21.7. The van der Waals surface area contributed by atoms with Gasteiger partial charge in [0.25, 0.3) is 0 Å². The van der Waals surface area contributed by atoms with Crippen LogP contribution in [0.2, 0.25) is 0 Å². The van der Waals surface area contributed by atoms with Crippen LogP contribution in [0.3, 0.4) is 0 Å². The minimum atomic E-state index is -2.70. The largest absolute Gasteiger partial charge is 0.301 e. The molecule has 1 heterocycles. The Bertz CT molecular complexity index is 184. The van der Waals surface area contributed by atoms with Gasteiger partial charge < -0.3 is 4.90 Å². The summed E-state index contributed by atoms with van der Waals surface area (Å²) in [6.45, 7) is 5.72. The van der Waals surface area contributed by atoms with Crippen molar-refractivity contribution in [2.75, 3.05) is 31.1 Å². The summed E-state index contributed by atoms with van der Waals surface area (Å²) >= 11 is 0. The molecule has 0 amide bonds. The Balaban J connectivity index is 2.46. The molecule has 0 bridgehead atoms. The molecule has 0 aromatic heterocycles. The number of rotatable bonds is 1. The van der Waals surface area contributed by atoms with E-state index < -0.39 is 9.84 Å². The Kier molecular flexibility index (Phi) is 2.31. The first-order valence-corrected chi connectivity index (χ1v) is 5.18. The lowest BCUT2D eigenvalue weighted by molar-refractivity contribution is 0.326. The highest BCUT2D eigenvalue weighted by Gasteiger charge is 2.19. The van der Waals surface area contributed by atoms with E-state index >= 15 is 0 Å². The van der Waals surface area contributed by atoms with E-state index in [0.29, 0.717) is 24.6 Å². The van der Waals surface area contributed by atoms with E-state index in [0.717, 1.165) is 6.54 Å². The van der Waals surface area contributed by atoms with Crippen molar-refractivity contribution < 1.29 is 8.42 Å². The van der Waals surface area contributed by atoms with E-state index in [1.54, 1.807) is 0 Å². The van der Waals surface area contributed by atoms with Crippen molar-refractivity contribution in [2.24, 2.45) is 0 Å². The van der Waals surface area contributed by atoms with E-state index in [9.17, 15) is 8.42 Å². The highest BCUT2D eigenvalue weighted by Crippen LogP contribution is 2.01. The van der Waals surface area contributed by atoms with Gasteiger partial charge in [-0.05, 0) is 13.5 Å². The fourth-order valence-corrected chi connectivity index (χ4v) is 2.25. The molecule has 59 valence electrons. The fraction of sp³-hybridized carbons (Fsp3) is 0.833. The molecule has 0 spiro atoms. The van der Waals surface area contributed by atoms with Gasteiger partial charge in [-0.2, -0.15) is 0 Å². The first kappa shape index (κ1) is 8.01. The molecular weight excluding hydrogens is 150 g/mol. The van der Waals surface area contributed by atoms with Crippen LogP contribution < -0.4 is 0 Å². The van der Waals surface area contributed by atoms with Gasteiger partial charge in [-0.25, -0.2) is 8.42 Å². The van der Waals surface area contributed by atoms with Crippen LogP contribution in [0.1, 0.15) is 0 Å². The van der Waals surface area contributed by atoms with E-state index in [1.165, 1.54) is 0 Å². The predicted octanol–water partition coefficient (Wildman–Crippen LogP) is -0.449. The molecule has 0 N–H and O–H groups in total. The second kappa shape index (κ2) is 2.88. The van der Waals surface area contributed by atoms with Gasteiger partial charge in [0.15, 0.2) is 9.84 Å². The van der Waals surface area contributed by atoms with Crippen LogP contribution in [0.4, 0.5) is 0 Å². The van der Waals surface area contributed by atoms with E-state index in [1.807, 2.05) is 4.90 Å². The molecule has 0 aromatic carbocycles. The third kappa shape index (κ3) is 1.95. The Hall–Kier alpha value is -0.0900. The third-order valence-electron chi connectivity index (χ3n) is 1.75. The quantitative estimate of drug-likeness (QED) is 0.524. The van der Waals surface area contributed by atoms with Crippen molar-refractivity contribution in [3.8, 4) is 0 Å².